The molecule has 1 aromatic heterocycles. The number of aromatic nitrogens is 1. The molecule has 2 heterocycles. The van der Waals surface area contributed by atoms with Crippen molar-refractivity contribution in [3.63, 3.8) is 0 Å². The Bertz CT molecular complexity index is 684. The quantitative estimate of drug-likeness (QED) is 0.879. The Labute approximate surface area is 149 Å². The number of hydrogen-bond acceptors (Lipinski definition) is 4. The van der Waals surface area contributed by atoms with Crippen molar-refractivity contribution < 1.29 is 9.53 Å². The molecule has 1 N–H and O–H groups in total. The SMILES string of the molecule is CO[C@H](C(=O)NCc1ccnc(N2CCCCC2)c1)c1ccccc1. The highest BCUT2D eigenvalue weighted by molar-refractivity contribution is 5.82. The number of nitrogens with zero attached hydrogens (tertiary/aromatic N) is 2. The lowest BCUT2D eigenvalue weighted by atomic mass is 10.1. The predicted molar refractivity (Wildman–Crippen MR) is 98.3 cm³/mol. The van der Waals surface area contributed by atoms with Crippen molar-refractivity contribution in [2.75, 3.05) is 25.1 Å². The molecule has 1 saturated heterocycles. The molecule has 5 nitrogen and oxygen atoms in total. The number of ether oxygens (including phenoxy) is 1. The van der Waals surface area contributed by atoms with Gasteiger partial charge in [-0.1, -0.05) is 30.3 Å². The van der Waals surface area contributed by atoms with Crippen molar-refractivity contribution in [2.24, 2.45) is 0 Å². The van der Waals surface area contributed by atoms with E-state index >= 15 is 0 Å². The third kappa shape index (κ3) is 4.57. The van der Waals surface area contributed by atoms with E-state index in [1.807, 2.05) is 42.6 Å². The monoisotopic (exact) mass is 339 g/mol. The normalized spacial score (nSPS) is 15.6. The van der Waals surface area contributed by atoms with E-state index in [0.717, 1.165) is 30.0 Å². The fourth-order valence-corrected chi connectivity index (χ4v) is 3.17. The molecule has 0 radical (unpaired) electrons. The van der Waals surface area contributed by atoms with Crippen LogP contribution in [0.5, 0.6) is 0 Å². The molecule has 1 aliphatic rings. The minimum Gasteiger partial charge on any atom is -0.367 e. The van der Waals surface area contributed by atoms with E-state index in [0.29, 0.717) is 6.54 Å². The van der Waals surface area contributed by atoms with Crippen LogP contribution in [0.1, 0.15) is 36.5 Å². The number of hydrogen-bond donors (Lipinski definition) is 1. The van der Waals surface area contributed by atoms with Gasteiger partial charge in [0.05, 0.1) is 0 Å². The molecule has 1 atom stereocenters. The van der Waals surface area contributed by atoms with Crippen LogP contribution >= 0.6 is 0 Å². The first-order valence-electron chi connectivity index (χ1n) is 8.83. The highest BCUT2D eigenvalue weighted by atomic mass is 16.5. The van der Waals surface area contributed by atoms with Gasteiger partial charge in [0.15, 0.2) is 6.10 Å². The van der Waals surface area contributed by atoms with Gasteiger partial charge in [0.2, 0.25) is 0 Å². The second-order valence-electron chi connectivity index (χ2n) is 6.31. The van der Waals surface area contributed by atoms with Crippen molar-refractivity contribution in [3.05, 3.63) is 59.8 Å². The van der Waals surface area contributed by atoms with Gasteiger partial charge < -0.3 is 15.0 Å². The maximum Gasteiger partial charge on any atom is 0.254 e. The Morgan fingerprint density at radius 3 is 2.68 bits per heavy atom. The molecule has 0 saturated carbocycles. The molecule has 1 amide bonds. The van der Waals surface area contributed by atoms with Crippen molar-refractivity contribution in [2.45, 2.75) is 31.9 Å². The van der Waals surface area contributed by atoms with Gasteiger partial charge in [0.1, 0.15) is 5.82 Å². The summed E-state index contributed by atoms with van der Waals surface area (Å²) in [6.45, 7) is 2.58. The Balaban J connectivity index is 1.61. The van der Waals surface area contributed by atoms with Crippen molar-refractivity contribution >= 4 is 11.7 Å². The summed E-state index contributed by atoms with van der Waals surface area (Å²) >= 11 is 0. The molecule has 0 spiro atoms. The summed E-state index contributed by atoms with van der Waals surface area (Å²) in [5, 5.41) is 2.97. The number of piperidine rings is 1. The number of anilines is 1. The average Bonchev–Trinajstić information content (AvgIpc) is 2.69. The summed E-state index contributed by atoms with van der Waals surface area (Å²) in [5.41, 5.74) is 1.90. The predicted octanol–water partition coefficient (Wildman–Crippen LogP) is 3.08. The van der Waals surface area contributed by atoms with Crippen LogP contribution < -0.4 is 10.2 Å². The van der Waals surface area contributed by atoms with Crippen LogP contribution in [0.2, 0.25) is 0 Å². The van der Waals surface area contributed by atoms with Crippen LogP contribution in [0, 0.1) is 0 Å². The van der Waals surface area contributed by atoms with Crippen molar-refractivity contribution in [1.82, 2.24) is 10.3 Å². The number of nitrogens with one attached hydrogen (secondary N) is 1. The lowest BCUT2D eigenvalue weighted by molar-refractivity contribution is -0.131. The van der Waals surface area contributed by atoms with Gasteiger partial charge in [-0.3, -0.25) is 4.79 Å². The van der Waals surface area contributed by atoms with Crippen LogP contribution in [0.3, 0.4) is 0 Å². The number of pyridine rings is 1. The number of rotatable bonds is 6. The Morgan fingerprint density at radius 1 is 1.20 bits per heavy atom. The molecule has 1 fully saturated rings. The highest BCUT2D eigenvalue weighted by Crippen LogP contribution is 2.19. The highest BCUT2D eigenvalue weighted by Gasteiger charge is 2.19. The number of amides is 1. The topological polar surface area (TPSA) is 54.5 Å². The van der Waals surface area contributed by atoms with Crippen molar-refractivity contribution in [1.29, 1.82) is 0 Å². The van der Waals surface area contributed by atoms with Crippen LogP contribution in [-0.2, 0) is 16.1 Å². The number of methoxy groups -OCH3 is 1. The fraction of sp³-hybridized carbons (Fsp3) is 0.400. The molecule has 25 heavy (non-hydrogen) atoms. The van der Waals surface area contributed by atoms with E-state index in [2.05, 4.69) is 21.3 Å². The van der Waals surface area contributed by atoms with Gasteiger partial charge >= 0.3 is 0 Å². The zero-order valence-corrected chi connectivity index (χ0v) is 14.6. The summed E-state index contributed by atoms with van der Waals surface area (Å²) in [5.74, 6) is 0.864. The first-order valence-corrected chi connectivity index (χ1v) is 8.83. The molecular formula is C20H25N3O2. The summed E-state index contributed by atoms with van der Waals surface area (Å²) in [6, 6.07) is 13.5. The standard InChI is InChI=1S/C20H25N3O2/c1-25-19(17-8-4-2-5-9-17)20(24)22-15-16-10-11-21-18(14-16)23-12-6-3-7-13-23/h2,4-5,8-11,14,19H,3,6-7,12-13,15H2,1H3,(H,22,24)/t19-/m0/s1. The zero-order valence-electron chi connectivity index (χ0n) is 14.6. The van der Waals surface area contributed by atoms with E-state index < -0.39 is 6.10 Å². The Morgan fingerprint density at radius 2 is 1.96 bits per heavy atom. The van der Waals surface area contributed by atoms with Crippen LogP contribution in [0.4, 0.5) is 5.82 Å². The van der Waals surface area contributed by atoms with Gasteiger partial charge in [-0.25, -0.2) is 4.98 Å². The molecule has 0 unspecified atom stereocenters. The summed E-state index contributed by atoms with van der Waals surface area (Å²) in [6.07, 6.45) is 4.95. The summed E-state index contributed by atoms with van der Waals surface area (Å²) < 4.78 is 5.37. The molecule has 0 aliphatic carbocycles. The van der Waals surface area contributed by atoms with Crippen LogP contribution in [0.15, 0.2) is 48.7 Å². The summed E-state index contributed by atoms with van der Waals surface area (Å²) in [4.78, 5) is 19.3. The van der Waals surface area contributed by atoms with Gasteiger partial charge in [0, 0.05) is 32.9 Å². The minimum absolute atomic E-state index is 0.134. The lowest BCUT2D eigenvalue weighted by Gasteiger charge is -2.28. The third-order valence-electron chi connectivity index (χ3n) is 4.53. The number of carbonyl (C=O) groups excluding carboxylic acids is 1. The fourth-order valence-electron chi connectivity index (χ4n) is 3.17. The molecule has 1 aromatic carbocycles. The van der Waals surface area contributed by atoms with Gasteiger partial charge in [-0.15, -0.1) is 0 Å². The molecule has 5 heteroatoms. The third-order valence-corrected chi connectivity index (χ3v) is 4.53. The number of benzene rings is 1. The minimum atomic E-state index is -0.593. The van der Waals surface area contributed by atoms with E-state index in [4.69, 9.17) is 4.74 Å². The van der Waals surface area contributed by atoms with E-state index in [-0.39, 0.29) is 5.91 Å². The Kier molecular flexibility index (Phi) is 6.01. The Hall–Kier alpha value is -2.40. The largest absolute Gasteiger partial charge is 0.367 e. The first-order chi connectivity index (χ1) is 12.3. The van der Waals surface area contributed by atoms with Crippen LogP contribution in [-0.4, -0.2) is 31.1 Å². The lowest BCUT2D eigenvalue weighted by Crippen LogP contribution is -2.31. The number of carbonyl (C=O) groups is 1. The molecular weight excluding hydrogens is 314 g/mol. The van der Waals surface area contributed by atoms with E-state index in [1.165, 1.54) is 19.3 Å². The average molecular weight is 339 g/mol. The van der Waals surface area contributed by atoms with Gasteiger partial charge in [0.25, 0.3) is 5.91 Å². The maximum atomic E-state index is 12.5. The molecule has 3 rings (SSSR count). The maximum absolute atomic E-state index is 12.5. The van der Waals surface area contributed by atoms with Crippen LogP contribution in [0.25, 0.3) is 0 Å². The van der Waals surface area contributed by atoms with Gasteiger partial charge in [-0.2, -0.15) is 0 Å². The zero-order chi connectivity index (χ0) is 17.5. The second-order valence-corrected chi connectivity index (χ2v) is 6.31. The molecule has 132 valence electrons. The van der Waals surface area contributed by atoms with E-state index in [1.54, 1.807) is 7.11 Å². The molecule has 0 bridgehead atoms. The van der Waals surface area contributed by atoms with Gasteiger partial charge in [-0.05, 0) is 42.5 Å². The van der Waals surface area contributed by atoms with E-state index in [9.17, 15) is 4.79 Å². The molecule has 1 aliphatic heterocycles. The first kappa shape index (κ1) is 17.4. The second kappa shape index (κ2) is 8.62. The summed E-state index contributed by atoms with van der Waals surface area (Å²) in [7, 11) is 1.55. The van der Waals surface area contributed by atoms with Crippen molar-refractivity contribution in [3.8, 4) is 0 Å². The smallest absolute Gasteiger partial charge is 0.254 e. The molecule has 2 aromatic rings.